The lowest BCUT2D eigenvalue weighted by Crippen LogP contribution is -2.09. The second kappa shape index (κ2) is 5.67. The van der Waals surface area contributed by atoms with Gasteiger partial charge in [0.2, 0.25) is 0 Å². The molecule has 0 aromatic carbocycles. The number of nitrogens with one attached hydrogen (secondary N) is 1. The average Bonchev–Trinajstić information content (AvgIpc) is 2.90. The normalized spacial score (nSPS) is 11.1. The molecule has 0 spiro atoms. The summed E-state index contributed by atoms with van der Waals surface area (Å²) in [6.07, 6.45) is 3.95. The van der Waals surface area contributed by atoms with Gasteiger partial charge in [0, 0.05) is 24.8 Å². The summed E-state index contributed by atoms with van der Waals surface area (Å²) >= 11 is 3.60. The van der Waals surface area contributed by atoms with Crippen molar-refractivity contribution in [2.24, 2.45) is 0 Å². The summed E-state index contributed by atoms with van der Waals surface area (Å²) in [6.45, 7) is 6.55. The van der Waals surface area contributed by atoms with E-state index in [2.05, 4.69) is 44.6 Å². The number of halogens is 1. The Morgan fingerprint density at radius 3 is 2.89 bits per heavy atom. The zero-order valence-electron chi connectivity index (χ0n) is 10.9. The molecule has 2 aromatic rings. The van der Waals surface area contributed by atoms with Crippen molar-refractivity contribution in [3.8, 4) is 0 Å². The molecule has 0 aliphatic rings. The standard InChI is InChI=1S/C12H18BrN5/c1-4-18-11(12(13)9(2)16-18)8-17-7-10(5-14-3)6-15-17/h6-7,14H,4-5,8H2,1-3H3. The van der Waals surface area contributed by atoms with Crippen molar-refractivity contribution in [1.82, 2.24) is 24.9 Å². The molecule has 6 heteroatoms. The Morgan fingerprint density at radius 1 is 1.44 bits per heavy atom. The molecule has 0 unspecified atom stereocenters. The molecule has 2 rings (SSSR count). The van der Waals surface area contributed by atoms with Crippen LogP contribution in [-0.2, 0) is 19.6 Å². The van der Waals surface area contributed by atoms with E-state index in [4.69, 9.17) is 0 Å². The summed E-state index contributed by atoms with van der Waals surface area (Å²) in [6, 6.07) is 0. The van der Waals surface area contributed by atoms with Crippen LogP contribution < -0.4 is 5.32 Å². The van der Waals surface area contributed by atoms with Gasteiger partial charge in [-0.1, -0.05) is 0 Å². The Hall–Kier alpha value is -1.14. The fraction of sp³-hybridized carbons (Fsp3) is 0.500. The molecule has 2 aromatic heterocycles. The molecule has 0 saturated carbocycles. The Balaban J connectivity index is 2.22. The van der Waals surface area contributed by atoms with E-state index in [9.17, 15) is 0 Å². The van der Waals surface area contributed by atoms with Crippen LogP contribution in [0.4, 0.5) is 0 Å². The van der Waals surface area contributed by atoms with Gasteiger partial charge in [0.25, 0.3) is 0 Å². The van der Waals surface area contributed by atoms with E-state index in [0.717, 1.165) is 35.5 Å². The van der Waals surface area contributed by atoms with E-state index in [1.165, 1.54) is 5.56 Å². The molecule has 0 atom stereocenters. The first-order valence-electron chi connectivity index (χ1n) is 6.03. The first-order valence-corrected chi connectivity index (χ1v) is 6.82. The Morgan fingerprint density at radius 2 is 2.22 bits per heavy atom. The van der Waals surface area contributed by atoms with Crippen LogP contribution >= 0.6 is 15.9 Å². The summed E-state index contributed by atoms with van der Waals surface area (Å²) in [4.78, 5) is 0. The Bertz CT molecular complexity index is 529. The van der Waals surface area contributed by atoms with Gasteiger partial charge in [0.15, 0.2) is 0 Å². The minimum Gasteiger partial charge on any atom is -0.316 e. The third-order valence-corrected chi connectivity index (χ3v) is 3.86. The fourth-order valence-corrected chi connectivity index (χ4v) is 2.37. The monoisotopic (exact) mass is 311 g/mol. The number of hydrogen-bond acceptors (Lipinski definition) is 3. The first kappa shape index (κ1) is 13.3. The summed E-state index contributed by atoms with van der Waals surface area (Å²) in [5, 5.41) is 12.0. The van der Waals surface area contributed by atoms with E-state index in [1.807, 2.05) is 29.5 Å². The van der Waals surface area contributed by atoms with Crippen LogP contribution in [0.3, 0.4) is 0 Å². The largest absolute Gasteiger partial charge is 0.316 e. The van der Waals surface area contributed by atoms with Gasteiger partial charge in [-0.15, -0.1) is 0 Å². The van der Waals surface area contributed by atoms with E-state index in [-0.39, 0.29) is 0 Å². The highest BCUT2D eigenvalue weighted by Gasteiger charge is 2.12. The molecule has 0 amide bonds. The average molecular weight is 312 g/mol. The second-order valence-electron chi connectivity index (χ2n) is 4.24. The summed E-state index contributed by atoms with van der Waals surface area (Å²) in [5.41, 5.74) is 3.37. The molecule has 0 aliphatic heterocycles. The lowest BCUT2D eigenvalue weighted by Gasteiger charge is -2.05. The molecular formula is C12H18BrN5. The summed E-state index contributed by atoms with van der Waals surface area (Å²) < 4.78 is 5.04. The van der Waals surface area contributed by atoms with Gasteiger partial charge in [-0.25, -0.2) is 0 Å². The summed E-state index contributed by atoms with van der Waals surface area (Å²) in [7, 11) is 1.93. The maximum absolute atomic E-state index is 4.48. The van der Waals surface area contributed by atoms with Crippen molar-refractivity contribution >= 4 is 15.9 Å². The van der Waals surface area contributed by atoms with Gasteiger partial charge < -0.3 is 5.32 Å². The van der Waals surface area contributed by atoms with Crippen LogP contribution in [0, 0.1) is 6.92 Å². The summed E-state index contributed by atoms with van der Waals surface area (Å²) in [5.74, 6) is 0. The lowest BCUT2D eigenvalue weighted by molar-refractivity contribution is 0.574. The highest BCUT2D eigenvalue weighted by Crippen LogP contribution is 2.21. The van der Waals surface area contributed by atoms with Crippen molar-refractivity contribution in [3.05, 3.63) is 33.8 Å². The van der Waals surface area contributed by atoms with Gasteiger partial charge in [-0.05, 0) is 36.8 Å². The molecule has 0 aliphatic carbocycles. The van der Waals surface area contributed by atoms with Gasteiger partial charge in [-0.2, -0.15) is 10.2 Å². The predicted molar refractivity (Wildman–Crippen MR) is 74.4 cm³/mol. The van der Waals surface area contributed by atoms with Crippen LogP contribution in [0.25, 0.3) is 0 Å². The van der Waals surface area contributed by atoms with Gasteiger partial charge in [-0.3, -0.25) is 9.36 Å². The van der Waals surface area contributed by atoms with Crippen LogP contribution in [0.1, 0.15) is 23.9 Å². The van der Waals surface area contributed by atoms with E-state index < -0.39 is 0 Å². The van der Waals surface area contributed by atoms with Crippen molar-refractivity contribution in [1.29, 1.82) is 0 Å². The minimum atomic E-state index is 0.735. The molecule has 0 fully saturated rings. The number of nitrogens with zero attached hydrogens (tertiary/aromatic N) is 4. The van der Waals surface area contributed by atoms with E-state index in [0.29, 0.717) is 0 Å². The van der Waals surface area contributed by atoms with Gasteiger partial charge in [0.1, 0.15) is 0 Å². The van der Waals surface area contributed by atoms with E-state index in [1.54, 1.807) is 0 Å². The molecule has 0 radical (unpaired) electrons. The Kier molecular flexibility index (Phi) is 4.19. The SMILES string of the molecule is CCn1nc(C)c(Br)c1Cn1cc(CNC)cn1. The smallest absolute Gasteiger partial charge is 0.0839 e. The molecule has 2 heterocycles. The molecule has 1 N–H and O–H groups in total. The Labute approximate surface area is 115 Å². The topological polar surface area (TPSA) is 47.7 Å². The van der Waals surface area contributed by atoms with Crippen LogP contribution in [-0.4, -0.2) is 26.6 Å². The van der Waals surface area contributed by atoms with E-state index >= 15 is 0 Å². The maximum atomic E-state index is 4.48. The molecule has 98 valence electrons. The highest BCUT2D eigenvalue weighted by molar-refractivity contribution is 9.10. The third-order valence-electron chi connectivity index (χ3n) is 2.83. The van der Waals surface area contributed by atoms with Crippen LogP contribution in [0.15, 0.2) is 16.9 Å². The fourth-order valence-electron chi connectivity index (χ4n) is 1.96. The highest BCUT2D eigenvalue weighted by atomic mass is 79.9. The van der Waals surface area contributed by atoms with Crippen LogP contribution in [0.2, 0.25) is 0 Å². The van der Waals surface area contributed by atoms with Crippen LogP contribution in [0.5, 0.6) is 0 Å². The molecule has 18 heavy (non-hydrogen) atoms. The number of hydrogen-bond donors (Lipinski definition) is 1. The third kappa shape index (κ3) is 2.64. The molecule has 5 nitrogen and oxygen atoms in total. The number of aryl methyl sites for hydroxylation is 2. The predicted octanol–water partition coefficient (Wildman–Crippen LogP) is 1.94. The van der Waals surface area contributed by atoms with Crippen molar-refractivity contribution in [2.75, 3.05) is 7.05 Å². The first-order chi connectivity index (χ1) is 8.65. The van der Waals surface area contributed by atoms with Crippen molar-refractivity contribution < 1.29 is 0 Å². The lowest BCUT2D eigenvalue weighted by atomic mass is 10.3. The van der Waals surface area contributed by atoms with Gasteiger partial charge in [0.05, 0.1) is 28.6 Å². The quantitative estimate of drug-likeness (QED) is 0.918. The maximum Gasteiger partial charge on any atom is 0.0839 e. The molecule has 0 bridgehead atoms. The number of rotatable bonds is 5. The molecule has 0 saturated heterocycles. The zero-order chi connectivity index (χ0) is 13.1. The minimum absolute atomic E-state index is 0.735. The van der Waals surface area contributed by atoms with Crippen molar-refractivity contribution in [3.63, 3.8) is 0 Å². The zero-order valence-corrected chi connectivity index (χ0v) is 12.5. The number of aromatic nitrogens is 4. The van der Waals surface area contributed by atoms with Gasteiger partial charge >= 0.3 is 0 Å². The van der Waals surface area contributed by atoms with Crippen molar-refractivity contribution in [2.45, 2.75) is 33.5 Å². The second-order valence-corrected chi connectivity index (χ2v) is 5.03. The molecular weight excluding hydrogens is 294 g/mol.